The largest absolute Gasteiger partial charge is 0.292 e. The van der Waals surface area contributed by atoms with Crippen molar-refractivity contribution in [3.05, 3.63) is 81.4 Å². The van der Waals surface area contributed by atoms with Gasteiger partial charge in [0.05, 0.1) is 0 Å². The van der Waals surface area contributed by atoms with Crippen LogP contribution < -0.4 is 0 Å². The lowest BCUT2D eigenvalue weighted by molar-refractivity contribution is 0.0930. The summed E-state index contributed by atoms with van der Waals surface area (Å²) >= 11 is 0. The molecule has 0 saturated carbocycles. The second kappa shape index (κ2) is 4.48. The normalized spacial score (nSPS) is 21.8. The first-order valence-electron chi connectivity index (χ1n) is 7.46. The van der Waals surface area contributed by atoms with E-state index in [4.69, 9.17) is 0 Å². The Morgan fingerprint density at radius 2 is 1.39 bits per heavy atom. The summed E-state index contributed by atoms with van der Waals surface area (Å²) in [5.41, 5.74) is 3.19. The summed E-state index contributed by atoms with van der Waals surface area (Å²) in [6.07, 6.45) is 3.81. The quantitative estimate of drug-likeness (QED) is 0.675. The van der Waals surface area contributed by atoms with Gasteiger partial charge in [-0.3, -0.25) is 4.79 Å². The fourth-order valence-corrected chi connectivity index (χ4v) is 3.93. The van der Waals surface area contributed by atoms with Crippen molar-refractivity contribution in [2.45, 2.75) is 19.3 Å². The van der Waals surface area contributed by atoms with Crippen molar-refractivity contribution in [2.75, 3.05) is 0 Å². The molecule has 0 fully saturated rings. The number of carbonyl (C=O) groups is 1. The van der Waals surface area contributed by atoms with Crippen LogP contribution in [0.15, 0.2) is 47.5 Å². The van der Waals surface area contributed by atoms with E-state index in [2.05, 4.69) is 0 Å². The summed E-state index contributed by atoms with van der Waals surface area (Å²) in [5, 5.41) is 0. The van der Waals surface area contributed by atoms with Gasteiger partial charge in [-0.15, -0.1) is 0 Å². The van der Waals surface area contributed by atoms with E-state index in [1.54, 1.807) is 12.1 Å². The maximum absolute atomic E-state index is 13.8. The number of benzene rings is 2. The van der Waals surface area contributed by atoms with E-state index in [1.807, 2.05) is 26.0 Å². The molecule has 0 N–H and O–H groups in total. The lowest BCUT2D eigenvalue weighted by Gasteiger charge is -2.36. The lowest BCUT2D eigenvalue weighted by atomic mass is 9.64. The summed E-state index contributed by atoms with van der Waals surface area (Å²) in [6.45, 7) is 3.75. The van der Waals surface area contributed by atoms with Crippen LogP contribution in [-0.4, -0.2) is 5.78 Å². The SMILES string of the molecule is CC1=Cc2ccc(F)cc2C(=O)C12C(C)=Cc1ccc(F)cc12. The lowest BCUT2D eigenvalue weighted by Crippen LogP contribution is -2.39. The molecular formula is C20H14F2O. The average molecular weight is 308 g/mol. The van der Waals surface area contributed by atoms with Gasteiger partial charge in [0.25, 0.3) is 0 Å². The Morgan fingerprint density at radius 1 is 0.826 bits per heavy atom. The molecule has 1 spiro atoms. The number of hydrogen-bond donors (Lipinski definition) is 0. The second-order valence-electron chi connectivity index (χ2n) is 6.20. The Hall–Kier alpha value is -2.55. The van der Waals surface area contributed by atoms with E-state index in [1.165, 1.54) is 24.3 Å². The summed E-state index contributed by atoms with van der Waals surface area (Å²) in [4.78, 5) is 13.3. The van der Waals surface area contributed by atoms with E-state index in [-0.39, 0.29) is 11.6 Å². The van der Waals surface area contributed by atoms with Crippen molar-refractivity contribution in [1.82, 2.24) is 0 Å². The molecule has 0 bridgehead atoms. The second-order valence-corrected chi connectivity index (χ2v) is 6.20. The number of allylic oxidation sites excluding steroid dienone is 2. The van der Waals surface area contributed by atoms with Crippen molar-refractivity contribution in [3.8, 4) is 0 Å². The Morgan fingerprint density at radius 3 is 2.09 bits per heavy atom. The van der Waals surface area contributed by atoms with Crippen molar-refractivity contribution >= 4 is 17.9 Å². The van der Waals surface area contributed by atoms with E-state index < -0.39 is 11.2 Å². The number of hydrogen-bond acceptors (Lipinski definition) is 1. The highest BCUT2D eigenvalue weighted by Crippen LogP contribution is 2.51. The van der Waals surface area contributed by atoms with Gasteiger partial charge in [-0.1, -0.05) is 35.4 Å². The summed E-state index contributed by atoms with van der Waals surface area (Å²) < 4.78 is 27.5. The summed E-state index contributed by atoms with van der Waals surface area (Å²) in [5.74, 6) is -1.01. The number of ketones is 1. The van der Waals surface area contributed by atoms with Gasteiger partial charge >= 0.3 is 0 Å². The molecule has 1 nitrogen and oxygen atoms in total. The molecule has 2 aromatic carbocycles. The zero-order chi connectivity index (χ0) is 16.4. The molecule has 0 heterocycles. The van der Waals surface area contributed by atoms with Crippen LogP contribution in [0.5, 0.6) is 0 Å². The number of rotatable bonds is 0. The first-order chi connectivity index (χ1) is 10.9. The van der Waals surface area contributed by atoms with Gasteiger partial charge in [0.15, 0.2) is 5.78 Å². The first kappa shape index (κ1) is 14.1. The van der Waals surface area contributed by atoms with E-state index >= 15 is 0 Å². The Labute approximate surface area is 133 Å². The van der Waals surface area contributed by atoms with Gasteiger partial charge in [-0.25, -0.2) is 8.78 Å². The molecule has 0 amide bonds. The Bertz CT molecular complexity index is 937. The zero-order valence-corrected chi connectivity index (χ0v) is 12.8. The van der Waals surface area contributed by atoms with E-state index in [9.17, 15) is 13.6 Å². The van der Waals surface area contributed by atoms with Crippen LogP contribution in [0.1, 0.15) is 40.9 Å². The smallest absolute Gasteiger partial charge is 0.182 e. The van der Waals surface area contributed by atoms with Crippen molar-refractivity contribution in [2.24, 2.45) is 0 Å². The molecule has 0 saturated heterocycles. The third kappa shape index (κ3) is 1.68. The van der Waals surface area contributed by atoms with Gasteiger partial charge < -0.3 is 0 Å². The van der Waals surface area contributed by atoms with Crippen LogP contribution in [0.25, 0.3) is 12.2 Å². The highest BCUT2D eigenvalue weighted by Gasteiger charge is 2.50. The molecule has 0 aliphatic heterocycles. The highest BCUT2D eigenvalue weighted by atomic mass is 19.1. The van der Waals surface area contributed by atoms with Gasteiger partial charge in [-0.2, -0.15) is 0 Å². The highest BCUT2D eigenvalue weighted by molar-refractivity contribution is 6.15. The third-order valence-electron chi connectivity index (χ3n) is 4.95. The maximum atomic E-state index is 13.8. The molecule has 2 aromatic rings. The molecule has 3 heteroatoms. The van der Waals surface area contributed by atoms with Crippen molar-refractivity contribution in [1.29, 1.82) is 0 Å². The van der Waals surface area contributed by atoms with E-state index in [0.29, 0.717) is 16.7 Å². The number of Topliss-reactive ketones (excluding diaryl/α,β-unsaturated/α-hetero) is 1. The van der Waals surface area contributed by atoms with E-state index in [0.717, 1.165) is 16.7 Å². The first-order valence-corrected chi connectivity index (χ1v) is 7.46. The Kier molecular flexibility index (Phi) is 2.74. The van der Waals surface area contributed by atoms with Crippen LogP contribution in [0.4, 0.5) is 8.78 Å². The zero-order valence-electron chi connectivity index (χ0n) is 12.8. The molecule has 23 heavy (non-hydrogen) atoms. The minimum atomic E-state index is -1.02. The fraction of sp³-hybridized carbons (Fsp3) is 0.150. The maximum Gasteiger partial charge on any atom is 0.182 e. The number of carbonyl (C=O) groups excluding carboxylic acids is 1. The molecule has 114 valence electrons. The van der Waals surface area contributed by atoms with Crippen LogP contribution >= 0.6 is 0 Å². The summed E-state index contributed by atoms with van der Waals surface area (Å²) in [7, 11) is 0. The molecular weight excluding hydrogens is 294 g/mol. The minimum absolute atomic E-state index is 0.190. The third-order valence-corrected chi connectivity index (χ3v) is 4.95. The fourth-order valence-electron chi connectivity index (χ4n) is 3.93. The molecule has 1 unspecified atom stereocenters. The molecule has 0 aromatic heterocycles. The molecule has 2 aliphatic rings. The van der Waals surface area contributed by atoms with Crippen molar-refractivity contribution < 1.29 is 13.6 Å². The number of fused-ring (bicyclic) bond motifs is 3. The van der Waals surface area contributed by atoms with Gasteiger partial charge in [0, 0.05) is 5.56 Å². The molecule has 4 rings (SSSR count). The molecule has 2 aliphatic carbocycles. The molecule has 0 radical (unpaired) electrons. The predicted octanol–water partition coefficient (Wildman–Crippen LogP) is 4.92. The van der Waals surface area contributed by atoms with Crippen LogP contribution in [0.3, 0.4) is 0 Å². The van der Waals surface area contributed by atoms with Crippen LogP contribution in [-0.2, 0) is 5.41 Å². The van der Waals surface area contributed by atoms with Gasteiger partial charge in [0.2, 0.25) is 0 Å². The Balaban J connectivity index is 2.06. The topological polar surface area (TPSA) is 17.1 Å². The minimum Gasteiger partial charge on any atom is -0.292 e. The summed E-state index contributed by atoms with van der Waals surface area (Å²) in [6, 6.07) is 8.72. The standard InChI is InChI=1S/C20H14F2O/c1-11-7-13-3-5-15(21)9-17(13)19(23)20(11)12(2)8-14-4-6-16(22)10-18(14)20/h3-10H,1-2H3. The average Bonchev–Trinajstić information content (AvgIpc) is 2.79. The van der Waals surface area contributed by atoms with Crippen molar-refractivity contribution in [3.63, 3.8) is 0 Å². The van der Waals surface area contributed by atoms with Gasteiger partial charge in [-0.05, 0) is 54.8 Å². The molecule has 1 atom stereocenters. The predicted molar refractivity (Wildman–Crippen MR) is 86.1 cm³/mol. The van der Waals surface area contributed by atoms with Crippen LogP contribution in [0.2, 0.25) is 0 Å². The van der Waals surface area contributed by atoms with Gasteiger partial charge in [0.1, 0.15) is 17.0 Å². The van der Waals surface area contributed by atoms with Crippen LogP contribution in [0, 0.1) is 11.6 Å². The monoisotopic (exact) mass is 308 g/mol. The number of halogens is 2.